The molecule has 16 nitrogen and oxygen atoms in total. The quantitative estimate of drug-likeness (QED) is 0.107. The minimum Gasteiger partial charge on any atom is 1.00 e. The van der Waals surface area contributed by atoms with Gasteiger partial charge in [-0.25, -0.2) is 13.7 Å². The first-order chi connectivity index (χ1) is 8.00. The van der Waals surface area contributed by atoms with Gasteiger partial charge in [-0.1, -0.05) is 0 Å². The summed E-state index contributed by atoms with van der Waals surface area (Å²) in [5, 5.41) is 0. The summed E-state index contributed by atoms with van der Waals surface area (Å²) in [6.45, 7) is 0. The number of hydrogen-bond acceptors (Lipinski definition) is 5. The second-order valence-electron chi connectivity index (χ2n) is 2.03. The van der Waals surface area contributed by atoms with Crippen LogP contribution in [0, 0.1) is 0 Å². The Labute approximate surface area is 175 Å². The van der Waals surface area contributed by atoms with Crippen LogP contribution in [0.3, 0.4) is 0 Å². The van der Waals surface area contributed by atoms with E-state index in [1.807, 2.05) is 0 Å². The van der Waals surface area contributed by atoms with E-state index >= 15 is 0 Å². The van der Waals surface area contributed by atoms with Crippen molar-refractivity contribution in [1.29, 1.82) is 0 Å². The van der Waals surface area contributed by atoms with Gasteiger partial charge in [-0.15, -0.1) is 0 Å². The topological polar surface area (TPSA) is 314 Å². The van der Waals surface area contributed by atoms with Crippen LogP contribution >= 0.6 is 31.3 Å². The molecule has 0 spiro atoms. The van der Waals surface area contributed by atoms with Gasteiger partial charge in [-0.3, -0.25) is 4.57 Å². The zero-order chi connectivity index (χ0) is 18.0. The summed E-state index contributed by atoms with van der Waals surface area (Å²) in [6.07, 6.45) is 0. The number of rotatable bonds is 0. The van der Waals surface area contributed by atoms with Crippen LogP contribution in [0.15, 0.2) is 0 Å². The molecule has 0 saturated heterocycles. The molecule has 0 aliphatic carbocycles. The van der Waals surface area contributed by atoms with E-state index in [9.17, 15) is 0 Å². The third kappa shape index (κ3) is 1530. The molecule has 22 heteroatoms. The van der Waals surface area contributed by atoms with Crippen molar-refractivity contribution in [3.8, 4) is 0 Å². The molecule has 0 amide bonds. The van der Waals surface area contributed by atoms with Gasteiger partial charge in [0.25, 0.3) is 7.82 Å². The molecule has 0 heterocycles. The van der Waals surface area contributed by atoms with E-state index in [1.165, 1.54) is 0 Å². The van der Waals surface area contributed by atoms with Crippen LogP contribution in [-0.2, 0) is 18.3 Å². The third-order valence-corrected chi connectivity index (χ3v) is 0. The van der Waals surface area contributed by atoms with Crippen molar-refractivity contribution in [3.05, 3.63) is 0 Å². The predicted octanol–water partition coefficient (Wildman–Crippen LogP) is -8.53. The molecule has 0 bridgehead atoms. The molecule has 136 valence electrons. The van der Waals surface area contributed by atoms with Gasteiger partial charge in [0.2, 0.25) is 0 Å². The average molecular weight is 508 g/mol. The summed E-state index contributed by atoms with van der Waals surface area (Å²) in [7, 11) is -18.8. The van der Waals surface area contributed by atoms with Gasteiger partial charge in [0.15, 0.2) is 0 Å². The summed E-state index contributed by atoms with van der Waals surface area (Å²) in [6, 6.07) is 0. The monoisotopic (exact) mass is 508 g/mol. The van der Waals surface area contributed by atoms with Crippen LogP contribution in [-0.4, -0.2) is 71.8 Å². The van der Waals surface area contributed by atoms with E-state index in [0.717, 1.165) is 0 Å². The smallest absolute Gasteiger partial charge is 1.00 e. The Morgan fingerprint density at radius 3 is 0.500 bits per heavy atom. The molecule has 11 N–H and O–H groups in total. The zero-order valence-electron chi connectivity index (χ0n) is 10.5. The number of hydrogen-bond donors (Lipinski definition) is 11. The maximum atomic E-state index is 8.88. The van der Waals surface area contributed by atoms with Crippen molar-refractivity contribution < 1.29 is 128 Å². The summed E-state index contributed by atoms with van der Waals surface area (Å²) >= 11 is 0. The standard InChI is InChI=1S/AsH3.K.4H3O4P/c;;4*1-5(2,3)4/h1H3;;4*(H3,1,2,3,4)/q;+1;;;;/p-1. The maximum absolute atomic E-state index is 8.88. The van der Waals surface area contributed by atoms with Crippen molar-refractivity contribution in [2.45, 2.75) is 0 Å². The van der Waals surface area contributed by atoms with E-state index < -0.39 is 31.3 Å². The summed E-state index contributed by atoms with van der Waals surface area (Å²) in [5.41, 5.74) is 0. The molecule has 1 unspecified atom stereocenters. The van der Waals surface area contributed by atoms with Crippen molar-refractivity contribution in [3.63, 3.8) is 0 Å². The first kappa shape index (κ1) is 39.6. The van der Waals surface area contributed by atoms with E-state index in [-0.39, 0.29) is 69.3 Å². The van der Waals surface area contributed by atoms with Crippen molar-refractivity contribution in [1.82, 2.24) is 0 Å². The minimum absolute atomic E-state index is 0. The fourth-order valence-electron chi connectivity index (χ4n) is 0. The molecule has 0 saturated carbocycles. The Morgan fingerprint density at radius 1 is 0.500 bits per heavy atom. The largest absolute Gasteiger partial charge is 1.00 e. The van der Waals surface area contributed by atoms with E-state index in [0.29, 0.717) is 0 Å². The molecule has 0 aliphatic rings. The normalized spacial score (nSPS) is 10.7. The van der Waals surface area contributed by atoms with Crippen LogP contribution in [0.25, 0.3) is 0 Å². The van der Waals surface area contributed by atoms with Crippen molar-refractivity contribution in [2.24, 2.45) is 0 Å². The zero-order valence-corrected chi connectivity index (χ0v) is 20.1. The Morgan fingerprint density at radius 2 is 0.500 bits per heavy atom. The van der Waals surface area contributed by atoms with Gasteiger partial charge in [0.1, 0.15) is 0 Å². The SMILES string of the molecule is O=P(O)(O)O.O=P(O)(O)O.O=P(O)(O)O.O=P([O-])(O)O.[AsH3].[K+]. The minimum atomic E-state index is -4.89. The van der Waals surface area contributed by atoms with Crippen LogP contribution in [0.4, 0.5) is 0 Å². The molecule has 0 radical (unpaired) electrons. The molecular formula is H14AsKO16P4. The van der Waals surface area contributed by atoms with E-state index in [2.05, 4.69) is 0 Å². The molecule has 0 aromatic carbocycles. The molecule has 0 fully saturated rings. The third-order valence-electron chi connectivity index (χ3n) is 0. The Kier molecular flexibility index (Phi) is 30.7. The van der Waals surface area contributed by atoms with E-state index in [1.54, 1.807) is 0 Å². The maximum Gasteiger partial charge on any atom is 1.00 e. The predicted molar refractivity (Wildman–Crippen MR) is 64.8 cm³/mol. The van der Waals surface area contributed by atoms with Crippen molar-refractivity contribution in [2.75, 3.05) is 0 Å². The Hall–Kier alpha value is 2.63. The molecule has 0 aromatic heterocycles. The van der Waals surface area contributed by atoms with Crippen LogP contribution < -0.4 is 56.3 Å². The summed E-state index contributed by atoms with van der Waals surface area (Å²) in [5.74, 6) is 0. The first-order valence-electron chi connectivity index (χ1n) is 3.11. The second kappa shape index (κ2) is 17.1. The molecule has 22 heavy (non-hydrogen) atoms. The first-order valence-corrected chi connectivity index (χ1v) is 9.34. The molecule has 0 aromatic rings. The van der Waals surface area contributed by atoms with Crippen LogP contribution in [0.1, 0.15) is 0 Å². The summed E-state index contributed by atoms with van der Waals surface area (Å²) < 4.78 is 35.4. The summed E-state index contributed by atoms with van der Waals surface area (Å²) in [4.78, 5) is 87.6. The number of phosphoric acid groups is 4. The average Bonchev–Trinajstić information content (AvgIpc) is 1.62. The van der Waals surface area contributed by atoms with Gasteiger partial charge >= 0.3 is 92.8 Å². The second-order valence-corrected chi connectivity index (χ2v) is 6.09. The van der Waals surface area contributed by atoms with E-state index in [4.69, 9.17) is 77.0 Å². The molecule has 0 rings (SSSR count). The van der Waals surface area contributed by atoms with Gasteiger partial charge in [-0.2, -0.15) is 0 Å². The van der Waals surface area contributed by atoms with Gasteiger partial charge in [0, 0.05) is 0 Å². The van der Waals surface area contributed by atoms with Crippen LogP contribution in [0.5, 0.6) is 0 Å². The fraction of sp³-hybridized carbons (Fsp3) is 0. The van der Waals surface area contributed by atoms with Gasteiger partial charge in [-0.05, 0) is 0 Å². The molecule has 0 aliphatic heterocycles. The fourth-order valence-corrected chi connectivity index (χ4v) is 0. The van der Waals surface area contributed by atoms with Gasteiger partial charge < -0.3 is 58.7 Å². The molecular weight excluding hydrogens is 494 g/mol. The Balaban J connectivity index is -0.0000000376. The Bertz CT molecular complexity index is 291. The van der Waals surface area contributed by atoms with Gasteiger partial charge in [0.05, 0.1) is 0 Å². The van der Waals surface area contributed by atoms with Crippen molar-refractivity contribution >= 4 is 49.2 Å². The van der Waals surface area contributed by atoms with Crippen LogP contribution in [0.2, 0.25) is 0 Å². The molecule has 1 atom stereocenters.